The second kappa shape index (κ2) is 6.51. The Morgan fingerprint density at radius 3 is 2.91 bits per heavy atom. The monoisotopic (exact) mass is 336 g/mol. The molecule has 0 spiro atoms. The van der Waals surface area contributed by atoms with Gasteiger partial charge in [-0.05, 0) is 31.5 Å². The van der Waals surface area contributed by atoms with Gasteiger partial charge in [0.05, 0.1) is 24.3 Å². The van der Waals surface area contributed by atoms with Crippen molar-refractivity contribution in [2.45, 2.75) is 25.5 Å². The average molecular weight is 337 g/mol. The fourth-order valence-electron chi connectivity index (χ4n) is 3.36. The molecule has 0 saturated carbocycles. The molecule has 1 aromatic carbocycles. The number of hydrogen-bond donors (Lipinski definition) is 1. The molecule has 0 aliphatic carbocycles. The zero-order valence-corrected chi connectivity index (χ0v) is 14.3. The third kappa shape index (κ3) is 2.96. The van der Waals surface area contributed by atoms with Crippen molar-refractivity contribution >= 4 is 28.4 Å². The van der Waals surface area contributed by atoms with Crippen molar-refractivity contribution in [3.05, 3.63) is 34.5 Å². The Morgan fingerprint density at radius 1 is 1.43 bits per heavy atom. The number of H-pyrrole nitrogens is 1. The summed E-state index contributed by atoms with van der Waals surface area (Å²) in [4.78, 5) is 18.3. The summed E-state index contributed by atoms with van der Waals surface area (Å²) < 4.78 is 10.7. The first-order chi connectivity index (χ1) is 11.0. The number of benzene rings is 1. The summed E-state index contributed by atoms with van der Waals surface area (Å²) in [7, 11) is 3.33. The summed E-state index contributed by atoms with van der Waals surface area (Å²) in [6, 6.07) is 5.58. The smallest absolute Gasteiger partial charge is 0.256 e. The van der Waals surface area contributed by atoms with Crippen molar-refractivity contribution in [3.8, 4) is 0 Å². The first-order valence-electron chi connectivity index (χ1n) is 7.65. The van der Waals surface area contributed by atoms with E-state index in [1.54, 1.807) is 14.2 Å². The van der Waals surface area contributed by atoms with Gasteiger partial charge in [0.15, 0.2) is 0 Å². The number of amides is 1. The first kappa shape index (κ1) is 16.3. The van der Waals surface area contributed by atoms with E-state index in [-0.39, 0.29) is 18.1 Å². The largest absolute Gasteiger partial charge is 0.383 e. The van der Waals surface area contributed by atoms with Crippen molar-refractivity contribution in [3.63, 3.8) is 0 Å². The third-order valence-electron chi connectivity index (χ3n) is 4.49. The van der Waals surface area contributed by atoms with Gasteiger partial charge in [-0.15, -0.1) is 0 Å². The van der Waals surface area contributed by atoms with E-state index in [0.29, 0.717) is 23.7 Å². The number of nitrogens with zero attached hydrogens (tertiary/aromatic N) is 1. The molecule has 2 aromatic rings. The highest BCUT2D eigenvalue weighted by Crippen LogP contribution is 2.29. The number of fused-ring (bicyclic) bond motifs is 1. The molecule has 1 aromatic heterocycles. The van der Waals surface area contributed by atoms with Gasteiger partial charge in [-0.2, -0.15) is 0 Å². The summed E-state index contributed by atoms with van der Waals surface area (Å²) in [5.41, 5.74) is 2.45. The summed E-state index contributed by atoms with van der Waals surface area (Å²) in [6.45, 7) is 3.00. The minimum absolute atomic E-state index is 0.00221. The van der Waals surface area contributed by atoms with E-state index in [2.05, 4.69) is 4.98 Å². The van der Waals surface area contributed by atoms with Gasteiger partial charge in [-0.3, -0.25) is 4.79 Å². The summed E-state index contributed by atoms with van der Waals surface area (Å²) in [5.74, 6) is -0.00221. The van der Waals surface area contributed by atoms with Gasteiger partial charge >= 0.3 is 0 Å². The highest BCUT2D eigenvalue weighted by Gasteiger charge is 2.37. The molecular weight excluding hydrogens is 316 g/mol. The van der Waals surface area contributed by atoms with Gasteiger partial charge in [0.2, 0.25) is 0 Å². The SMILES string of the molecule is COC[C@@H]1C[C@H](OC)CN1C(=O)c1c(C)[nH]c2ccc(Cl)cc12. The van der Waals surface area contributed by atoms with Gasteiger partial charge in [0.25, 0.3) is 5.91 Å². The molecule has 23 heavy (non-hydrogen) atoms. The zero-order valence-electron chi connectivity index (χ0n) is 13.6. The number of likely N-dealkylation sites (tertiary alicyclic amines) is 1. The van der Waals surface area contributed by atoms with Crippen molar-refractivity contribution in [1.29, 1.82) is 0 Å². The van der Waals surface area contributed by atoms with Crippen LogP contribution < -0.4 is 0 Å². The number of carbonyl (C=O) groups excluding carboxylic acids is 1. The second-order valence-electron chi connectivity index (χ2n) is 5.97. The third-order valence-corrected chi connectivity index (χ3v) is 4.73. The molecule has 0 unspecified atom stereocenters. The number of aromatic amines is 1. The molecule has 1 aliphatic heterocycles. The minimum atomic E-state index is -0.00221. The molecule has 1 fully saturated rings. The van der Waals surface area contributed by atoms with E-state index in [4.69, 9.17) is 21.1 Å². The predicted molar refractivity (Wildman–Crippen MR) is 90.2 cm³/mol. The maximum Gasteiger partial charge on any atom is 0.256 e. The molecule has 6 heteroatoms. The van der Waals surface area contributed by atoms with E-state index >= 15 is 0 Å². The van der Waals surface area contributed by atoms with Crippen LogP contribution in [0.1, 0.15) is 22.5 Å². The van der Waals surface area contributed by atoms with Crippen LogP contribution in [0.3, 0.4) is 0 Å². The van der Waals surface area contributed by atoms with Crippen LogP contribution >= 0.6 is 11.6 Å². The number of nitrogens with one attached hydrogen (secondary N) is 1. The predicted octanol–water partition coefficient (Wildman–Crippen LogP) is 3.01. The van der Waals surface area contributed by atoms with Gasteiger partial charge in [0, 0.05) is 42.4 Å². The summed E-state index contributed by atoms with van der Waals surface area (Å²) in [5, 5.41) is 1.48. The molecule has 2 atom stereocenters. The number of halogens is 1. The highest BCUT2D eigenvalue weighted by molar-refractivity contribution is 6.31. The molecule has 1 N–H and O–H groups in total. The van der Waals surface area contributed by atoms with Gasteiger partial charge in [0.1, 0.15) is 0 Å². The summed E-state index contributed by atoms with van der Waals surface area (Å²) >= 11 is 6.11. The Kier molecular flexibility index (Phi) is 4.62. The number of aryl methyl sites for hydroxylation is 1. The maximum atomic E-state index is 13.2. The molecule has 0 radical (unpaired) electrons. The second-order valence-corrected chi connectivity index (χ2v) is 6.41. The topological polar surface area (TPSA) is 54.6 Å². The van der Waals surface area contributed by atoms with Crippen LogP contribution in [0, 0.1) is 6.92 Å². The van der Waals surface area contributed by atoms with E-state index in [9.17, 15) is 4.79 Å². The van der Waals surface area contributed by atoms with Crippen LogP contribution in [0.2, 0.25) is 5.02 Å². The average Bonchev–Trinajstić information content (AvgIpc) is 3.07. The summed E-state index contributed by atoms with van der Waals surface area (Å²) in [6.07, 6.45) is 0.839. The number of ether oxygens (including phenoxy) is 2. The standard InChI is InChI=1S/C17H21ClN2O3/c1-10-16(14-6-11(18)4-5-15(14)19-10)17(21)20-8-13(23-3)7-12(20)9-22-2/h4-6,12-13,19H,7-9H2,1-3H3/t12-,13-/m0/s1. The van der Waals surface area contributed by atoms with E-state index in [0.717, 1.165) is 23.0 Å². The van der Waals surface area contributed by atoms with Gasteiger partial charge in [-0.1, -0.05) is 11.6 Å². The lowest BCUT2D eigenvalue weighted by molar-refractivity contribution is 0.0613. The van der Waals surface area contributed by atoms with Crippen molar-refractivity contribution < 1.29 is 14.3 Å². The highest BCUT2D eigenvalue weighted by atomic mass is 35.5. The van der Waals surface area contributed by atoms with E-state index < -0.39 is 0 Å². The number of rotatable bonds is 4. The van der Waals surface area contributed by atoms with Gasteiger partial charge < -0.3 is 19.4 Å². The minimum Gasteiger partial charge on any atom is -0.383 e. The lowest BCUT2D eigenvalue weighted by atomic mass is 10.1. The molecule has 3 rings (SSSR count). The molecule has 2 heterocycles. The van der Waals surface area contributed by atoms with Crippen LogP contribution in [-0.2, 0) is 9.47 Å². The van der Waals surface area contributed by atoms with E-state index in [1.165, 1.54) is 0 Å². The van der Waals surface area contributed by atoms with Gasteiger partial charge in [-0.25, -0.2) is 0 Å². The maximum absolute atomic E-state index is 13.2. The van der Waals surface area contributed by atoms with Crippen LogP contribution in [0.5, 0.6) is 0 Å². The zero-order chi connectivity index (χ0) is 16.6. The fraction of sp³-hybridized carbons (Fsp3) is 0.471. The van der Waals surface area contributed by atoms with Crippen molar-refractivity contribution in [2.75, 3.05) is 27.4 Å². The van der Waals surface area contributed by atoms with Crippen LogP contribution in [0.15, 0.2) is 18.2 Å². The quantitative estimate of drug-likeness (QED) is 0.933. The molecule has 1 aliphatic rings. The normalized spacial score (nSPS) is 21.3. The Morgan fingerprint density at radius 2 is 2.22 bits per heavy atom. The number of carbonyl (C=O) groups is 1. The Balaban J connectivity index is 1.99. The first-order valence-corrected chi connectivity index (χ1v) is 8.03. The lowest BCUT2D eigenvalue weighted by Gasteiger charge is -2.24. The molecule has 0 bridgehead atoms. The van der Waals surface area contributed by atoms with E-state index in [1.807, 2.05) is 30.0 Å². The molecule has 1 amide bonds. The fourth-order valence-corrected chi connectivity index (χ4v) is 3.53. The van der Waals surface area contributed by atoms with Crippen molar-refractivity contribution in [1.82, 2.24) is 9.88 Å². The van der Waals surface area contributed by atoms with Crippen LogP contribution in [0.25, 0.3) is 10.9 Å². The molecular formula is C17H21ClN2O3. The lowest BCUT2D eigenvalue weighted by Crippen LogP contribution is -2.38. The Labute approximate surface area is 140 Å². The molecule has 124 valence electrons. The van der Waals surface area contributed by atoms with Crippen molar-refractivity contribution in [2.24, 2.45) is 0 Å². The number of methoxy groups -OCH3 is 2. The molecule has 1 saturated heterocycles. The van der Waals surface area contributed by atoms with Crippen LogP contribution in [0.4, 0.5) is 0 Å². The Hall–Kier alpha value is -1.56. The Bertz CT molecular complexity index is 728. The number of aromatic nitrogens is 1. The molecule has 5 nitrogen and oxygen atoms in total. The van der Waals surface area contributed by atoms with Crippen LogP contribution in [-0.4, -0.2) is 55.3 Å². The number of hydrogen-bond acceptors (Lipinski definition) is 3.